The molecule has 0 atom stereocenters. The summed E-state index contributed by atoms with van der Waals surface area (Å²) in [5.41, 5.74) is 1.68. The number of pyridine rings is 1. The van der Waals surface area contributed by atoms with Gasteiger partial charge in [0.15, 0.2) is 0 Å². The first kappa shape index (κ1) is 16.1. The Bertz CT molecular complexity index is 473. The molecular formula is C16H25N3OS. The molecule has 0 aromatic carbocycles. The summed E-state index contributed by atoms with van der Waals surface area (Å²) in [5.74, 6) is 3.12. The zero-order valence-corrected chi connectivity index (χ0v) is 13.8. The normalized spacial score (nSPS) is 15.7. The predicted molar refractivity (Wildman–Crippen MR) is 90.2 cm³/mol. The molecule has 0 radical (unpaired) electrons. The van der Waals surface area contributed by atoms with Crippen LogP contribution in [-0.4, -0.2) is 35.0 Å². The van der Waals surface area contributed by atoms with Crippen LogP contribution in [0.15, 0.2) is 12.1 Å². The van der Waals surface area contributed by atoms with Crippen LogP contribution in [0.1, 0.15) is 49.2 Å². The van der Waals surface area contributed by atoms with E-state index in [1.807, 2.05) is 23.9 Å². The average molecular weight is 307 g/mol. The van der Waals surface area contributed by atoms with Crippen LogP contribution in [-0.2, 0) is 6.42 Å². The van der Waals surface area contributed by atoms with Crippen molar-refractivity contribution in [2.45, 2.75) is 45.6 Å². The second-order valence-electron chi connectivity index (χ2n) is 5.37. The molecule has 116 valence electrons. The van der Waals surface area contributed by atoms with Crippen molar-refractivity contribution in [2.75, 3.05) is 23.4 Å². The SMILES string of the molecule is CCCNc1cc(C(=O)NC2CCSCC2)cc(CC)n1. The van der Waals surface area contributed by atoms with Crippen molar-refractivity contribution in [3.8, 4) is 0 Å². The highest BCUT2D eigenvalue weighted by atomic mass is 32.2. The molecule has 1 aliphatic rings. The Balaban J connectivity index is 2.07. The van der Waals surface area contributed by atoms with Crippen LogP contribution in [0.25, 0.3) is 0 Å². The lowest BCUT2D eigenvalue weighted by atomic mass is 10.1. The predicted octanol–water partition coefficient (Wildman–Crippen LogP) is 3.09. The molecule has 1 amide bonds. The highest BCUT2D eigenvalue weighted by molar-refractivity contribution is 7.99. The van der Waals surface area contributed by atoms with E-state index in [4.69, 9.17) is 0 Å². The molecule has 1 aliphatic heterocycles. The highest BCUT2D eigenvalue weighted by Gasteiger charge is 2.17. The van der Waals surface area contributed by atoms with Crippen molar-refractivity contribution in [3.63, 3.8) is 0 Å². The molecule has 0 spiro atoms. The minimum Gasteiger partial charge on any atom is -0.370 e. The van der Waals surface area contributed by atoms with Crippen molar-refractivity contribution >= 4 is 23.5 Å². The van der Waals surface area contributed by atoms with Gasteiger partial charge in [-0.05, 0) is 49.3 Å². The van der Waals surface area contributed by atoms with Gasteiger partial charge in [0.2, 0.25) is 0 Å². The van der Waals surface area contributed by atoms with Gasteiger partial charge in [-0.3, -0.25) is 4.79 Å². The summed E-state index contributed by atoms with van der Waals surface area (Å²) in [7, 11) is 0. The van der Waals surface area contributed by atoms with E-state index >= 15 is 0 Å². The molecule has 1 fully saturated rings. The number of carbonyl (C=O) groups excluding carboxylic acids is 1. The van der Waals surface area contributed by atoms with Gasteiger partial charge in [0.1, 0.15) is 5.82 Å². The molecule has 0 saturated carbocycles. The third-order valence-electron chi connectivity index (χ3n) is 3.62. The van der Waals surface area contributed by atoms with Gasteiger partial charge in [0.25, 0.3) is 5.91 Å². The Morgan fingerprint density at radius 1 is 1.33 bits per heavy atom. The van der Waals surface area contributed by atoms with E-state index in [9.17, 15) is 4.79 Å². The first-order valence-electron chi connectivity index (χ1n) is 7.86. The van der Waals surface area contributed by atoms with Crippen molar-refractivity contribution in [1.82, 2.24) is 10.3 Å². The van der Waals surface area contributed by atoms with Crippen LogP contribution >= 0.6 is 11.8 Å². The summed E-state index contributed by atoms with van der Waals surface area (Å²) in [5, 5.41) is 6.44. The van der Waals surface area contributed by atoms with E-state index in [2.05, 4.69) is 29.5 Å². The number of aryl methyl sites for hydroxylation is 1. The molecule has 4 nitrogen and oxygen atoms in total. The summed E-state index contributed by atoms with van der Waals surface area (Å²) in [4.78, 5) is 17.0. The van der Waals surface area contributed by atoms with E-state index in [-0.39, 0.29) is 5.91 Å². The zero-order chi connectivity index (χ0) is 15.1. The third-order valence-corrected chi connectivity index (χ3v) is 4.66. The number of amides is 1. The lowest BCUT2D eigenvalue weighted by molar-refractivity contribution is 0.0934. The van der Waals surface area contributed by atoms with Crippen LogP contribution in [0.3, 0.4) is 0 Å². The third kappa shape index (κ3) is 4.92. The van der Waals surface area contributed by atoms with Gasteiger partial charge in [0, 0.05) is 23.8 Å². The van der Waals surface area contributed by atoms with Gasteiger partial charge >= 0.3 is 0 Å². The fraction of sp³-hybridized carbons (Fsp3) is 0.625. The molecule has 2 rings (SSSR count). The van der Waals surface area contributed by atoms with Gasteiger partial charge in [-0.1, -0.05) is 13.8 Å². The first-order valence-corrected chi connectivity index (χ1v) is 9.01. The Morgan fingerprint density at radius 3 is 2.76 bits per heavy atom. The molecule has 1 aromatic rings. The van der Waals surface area contributed by atoms with Crippen LogP contribution in [0, 0.1) is 0 Å². The Kier molecular flexibility index (Phi) is 6.36. The van der Waals surface area contributed by atoms with Gasteiger partial charge < -0.3 is 10.6 Å². The van der Waals surface area contributed by atoms with E-state index in [0.717, 1.165) is 60.8 Å². The maximum atomic E-state index is 12.4. The van der Waals surface area contributed by atoms with Crippen molar-refractivity contribution in [1.29, 1.82) is 0 Å². The van der Waals surface area contributed by atoms with Crippen molar-refractivity contribution in [2.24, 2.45) is 0 Å². The molecule has 2 N–H and O–H groups in total. The van der Waals surface area contributed by atoms with Gasteiger partial charge in [-0.15, -0.1) is 0 Å². The summed E-state index contributed by atoms with van der Waals surface area (Å²) >= 11 is 1.97. The maximum absolute atomic E-state index is 12.4. The number of rotatable bonds is 6. The van der Waals surface area contributed by atoms with Crippen molar-refractivity contribution < 1.29 is 4.79 Å². The van der Waals surface area contributed by atoms with E-state index in [0.29, 0.717) is 6.04 Å². The molecule has 0 unspecified atom stereocenters. The molecule has 0 aliphatic carbocycles. The monoisotopic (exact) mass is 307 g/mol. The lowest BCUT2D eigenvalue weighted by Crippen LogP contribution is -2.37. The quantitative estimate of drug-likeness (QED) is 0.848. The zero-order valence-electron chi connectivity index (χ0n) is 12.9. The number of thioether (sulfide) groups is 1. The van der Waals surface area contributed by atoms with E-state index in [1.54, 1.807) is 0 Å². The van der Waals surface area contributed by atoms with Gasteiger partial charge in [-0.25, -0.2) is 4.98 Å². The number of nitrogens with zero attached hydrogens (tertiary/aromatic N) is 1. The minimum atomic E-state index is 0.0311. The molecule has 2 heterocycles. The standard InChI is InChI=1S/C16H25N3OS/c1-3-7-17-15-11-12(10-13(4-2)18-15)16(20)19-14-5-8-21-9-6-14/h10-11,14H,3-9H2,1-2H3,(H,17,18)(H,19,20). The number of anilines is 1. The summed E-state index contributed by atoms with van der Waals surface area (Å²) in [6.07, 6.45) is 4.02. The first-order chi connectivity index (χ1) is 10.2. The topological polar surface area (TPSA) is 54.0 Å². The van der Waals surface area contributed by atoms with E-state index < -0.39 is 0 Å². The van der Waals surface area contributed by atoms with Crippen LogP contribution in [0.2, 0.25) is 0 Å². The fourth-order valence-corrected chi connectivity index (χ4v) is 3.46. The lowest BCUT2D eigenvalue weighted by Gasteiger charge is -2.22. The summed E-state index contributed by atoms with van der Waals surface area (Å²) < 4.78 is 0. The molecule has 5 heteroatoms. The average Bonchev–Trinajstić information content (AvgIpc) is 2.53. The molecule has 21 heavy (non-hydrogen) atoms. The smallest absolute Gasteiger partial charge is 0.251 e. The van der Waals surface area contributed by atoms with Gasteiger partial charge in [0.05, 0.1) is 0 Å². The molecule has 1 saturated heterocycles. The minimum absolute atomic E-state index is 0.0311. The number of carbonyl (C=O) groups is 1. The largest absolute Gasteiger partial charge is 0.370 e. The number of aromatic nitrogens is 1. The molecule has 0 bridgehead atoms. The second kappa shape index (κ2) is 8.27. The Hall–Kier alpha value is -1.23. The van der Waals surface area contributed by atoms with Crippen LogP contribution in [0.5, 0.6) is 0 Å². The summed E-state index contributed by atoms with van der Waals surface area (Å²) in [6, 6.07) is 4.09. The number of hydrogen-bond acceptors (Lipinski definition) is 4. The van der Waals surface area contributed by atoms with Gasteiger partial charge in [-0.2, -0.15) is 11.8 Å². The molecular weight excluding hydrogens is 282 g/mol. The van der Waals surface area contributed by atoms with Crippen LogP contribution < -0.4 is 10.6 Å². The Morgan fingerprint density at radius 2 is 2.10 bits per heavy atom. The van der Waals surface area contributed by atoms with Crippen LogP contribution in [0.4, 0.5) is 5.82 Å². The number of hydrogen-bond donors (Lipinski definition) is 2. The second-order valence-corrected chi connectivity index (χ2v) is 6.60. The maximum Gasteiger partial charge on any atom is 0.251 e. The van der Waals surface area contributed by atoms with Crippen molar-refractivity contribution in [3.05, 3.63) is 23.4 Å². The summed E-state index contributed by atoms with van der Waals surface area (Å²) in [6.45, 7) is 5.05. The highest BCUT2D eigenvalue weighted by Crippen LogP contribution is 2.18. The van der Waals surface area contributed by atoms with E-state index in [1.165, 1.54) is 0 Å². The Labute approximate surface area is 131 Å². The molecule has 1 aromatic heterocycles. The fourth-order valence-electron chi connectivity index (χ4n) is 2.35. The number of nitrogens with one attached hydrogen (secondary N) is 2.